The van der Waals surface area contributed by atoms with Crippen LogP contribution in [0.2, 0.25) is 0 Å². The summed E-state index contributed by atoms with van der Waals surface area (Å²) in [5, 5.41) is 2.54. The van der Waals surface area contributed by atoms with E-state index in [1.54, 1.807) is 7.11 Å². The molecule has 0 unspecified atom stereocenters. The summed E-state index contributed by atoms with van der Waals surface area (Å²) in [6, 6.07) is 10.9. The van der Waals surface area contributed by atoms with E-state index >= 15 is 0 Å². The van der Waals surface area contributed by atoms with E-state index < -0.39 is 0 Å². The van der Waals surface area contributed by atoms with Gasteiger partial charge in [0.05, 0.1) is 7.11 Å². The van der Waals surface area contributed by atoms with Crippen molar-refractivity contribution in [2.75, 3.05) is 7.11 Å². The Kier molecular flexibility index (Phi) is 3.14. The summed E-state index contributed by atoms with van der Waals surface area (Å²) in [5.74, 6) is 0.966. The lowest BCUT2D eigenvalue weighted by atomic mass is 10.0. The van der Waals surface area contributed by atoms with Crippen molar-refractivity contribution in [3.63, 3.8) is 0 Å². The van der Waals surface area contributed by atoms with E-state index in [1.165, 1.54) is 21.9 Å². The summed E-state index contributed by atoms with van der Waals surface area (Å²) < 4.78 is 6.37. The van der Waals surface area contributed by atoms with Crippen molar-refractivity contribution in [1.29, 1.82) is 0 Å². The Labute approximate surface area is 104 Å². The molecule has 0 aliphatic heterocycles. The number of hydrogen-bond donors (Lipinski definition) is 0. The van der Waals surface area contributed by atoms with Crippen LogP contribution in [0.25, 0.3) is 10.8 Å². The van der Waals surface area contributed by atoms with Crippen LogP contribution in [0.5, 0.6) is 5.75 Å². The fourth-order valence-corrected chi connectivity index (χ4v) is 2.22. The van der Waals surface area contributed by atoms with E-state index in [2.05, 4.69) is 59.8 Å². The molecule has 15 heavy (non-hydrogen) atoms. The van der Waals surface area contributed by atoms with Gasteiger partial charge < -0.3 is 4.74 Å². The predicted octanol–water partition coefficient (Wildman–Crippen LogP) is 4.09. The maximum absolute atomic E-state index is 5.32. The van der Waals surface area contributed by atoms with Gasteiger partial charge in [0.1, 0.15) is 5.75 Å². The molecule has 0 N–H and O–H groups in total. The zero-order valence-corrected chi connectivity index (χ0v) is 11.0. The molecule has 0 amide bonds. The van der Waals surface area contributed by atoms with Crippen LogP contribution in [0.1, 0.15) is 11.1 Å². The van der Waals surface area contributed by atoms with Crippen LogP contribution >= 0.6 is 22.6 Å². The minimum absolute atomic E-state index is 0.966. The summed E-state index contributed by atoms with van der Waals surface area (Å²) in [7, 11) is 1.72. The molecule has 0 bridgehead atoms. The number of benzene rings is 2. The lowest BCUT2D eigenvalue weighted by Crippen LogP contribution is -1.88. The van der Waals surface area contributed by atoms with E-state index in [4.69, 9.17) is 4.74 Å². The third-order valence-corrected chi connectivity index (χ3v) is 3.45. The van der Waals surface area contributed by atoms with Gasteiger partial charge in [-0.15, -0.1) is 0 Å². The molecule has 0 saturated heterocycles. The average molecular weight is 312 g/mol. The molecule has 0 heterocycles. The number of aryl methyl sites for hydroxylation is 1. The number of alkyl halides is 1. The average Bonchev–Trinajstić information content (AvgIpc) is 2.27. The molecule has 78 valence electrons. The Balaban J connectivity index is 2.66. The molecule has 0 aliphatic carbocycles. The van der Waals surface area contributed by atoms with Crippen LogP contribution in [0, 0.1) is 6.92 Å². The molecule has 0 aliphatic rings. The van der Waals surface area contributed by atoms with Gasteiger partial charge in [-0.25, -0.2) is 0 Å². The van der Waals surface area contributed by atoms with Crippen molar-refractivity contribution in [2.24, 2.45) is 0 Å². The first-order chi connectivity index (χ1) is 7.24. The quantitative estimate of drug-likeness (QED) is 0.599. The highest BCUT2D eigenvalue weighted by Gasteiger charge is 2.02. The highest BCUT2D eigenvalue weighted by atomic mass is 127. The Morgan fingerprint density at radius 3 is 2.60 bits per heavy atom. The van der Waals surface area contributed by atoms with E-state index in [0.717, 1.165) is 10.2 Å². The minimum Gasteiger partial charge on any atom is -0.496 e. The lowest BCUT2D eigenvalue weighted by molar-refractivity contribution is 0.412. The number of hydrogen-bond acceptors (Lipinski definition) is 1. The molecule has 1 nitrogen and oxygen atoms in total. The fourth-order valence-electron chi connectivity index (χ4n) is 1.74. The van der Waals surface area contributed by atoms with Gasteiger partial charge in [0.25, 0.3) is 0 Å². The molecular formula is C13H13IO. The third-order valence-electron chi connectivity index (χ3n) is 2.57. The zero-order valence-electron chi connectivity index (χ0n) is 8.88. The Morgan fingerprint density at radius 2 is 1.93 bits per heavy atom. The summed E-state index contributed by atoms with van der Waals surface area (Å²) in [6.07, 6.45) is 0. The van der Waals surface area contributed by atoms with Gasteiger partial charge >= 0.3 is 0 Å². The van der Waals surface area contributed by atoms with Crippen molar-refractivity contribution in [2.45, 2.75) is 11.4 Å². The number of rotatable bonds is 2. The molecule has 0 fully saturated rings. The van der Waals surface area contributed by atoms with Crippen LogP contribution in [-0.2, 0) is 4.43 Å². The molecule has 0 aromatic heterocycles. The second-order valence-electron chi connectivity index (χ2n) is 3.64. The van der Waals surface area contributed by atoms with E-state index in [9.17, 15) is 0 Å². The Hall–Kier alpha value is -0.770. The predicted molar refractivity (Wildman–Crippen MR) is 73.0 cm³/mol. The maximum atomic E-state index is 5.32. The smallest absolute Gasteiger partial charge is 0.122 e. The number of methoxy groups -OCH3 is 1. The maximum Gasteiger partial charge on any atom is 0.122 e. The normalized spacial score (nSPS) is 10.6. The van der Waals surface area contributed by atoms with Crippen LogP contribution in [0.4, 0.5) is 0 Å². The SMILES string of the molecule is COc1cc2cc(CI)ccc2cc1C. The van der Waals surface area contributed by atoms with Crippen molar-refractivity contribution in [1.82, 2.24) is 0 Å². The molecule has 0 radical (unpaired) electrons. The second kappa shape index (κ2) is 4.39. The van der Waals surface area contributed by atoms with Gasteiger partial charge in [0.15, 0.2) is 0 Å². The highest BCUT2D eigenvalue weighted by Crippen LogP contribution is 2.26. The van der Waals surface area contributed by atoms with E-state index in [1.807, 2.05) is 0 Å². The van der Waals surface area contributed by atoms with Crippen LogP contribution in [-0.4, -0.2) is 7.11 Å². The molecule has 0 spiro atoms. The van der Waals surface area contributed by atoms with Crippen LogP contribution in [0.3, 0.4) is 0 Å². The van der Waals surface area contributed by atoms with Gasteiger partial charge in [0, 0.05) is 4.43 Å². The van der Waals surface area contributed by atoms with Crippen LogP contribution in [0.15, 0.2) is 30.3 Å². The molecule has 0 saturated carbocycles. The highest BCUT2D eigenvalue weighted by molar-refractivity contribution is 14.1. The first kappa shape index (κ1) is 10.7. The Bertz CT molecular complexity index is 491. The summed E-state index contributed by atoms with van der Waals surface area (Å²) in [5.41, 5.74) is 2.54. The summed E-state index contributed by atoms with van der Waals surface area (Å²) in [6.45, 7) is 2.07. The fraction of sp³-hybridized carbons (Fsp3) is 0.231. The van der Waals surface area contributed by atoms with Crippen molar-refractivity contribution in [3.8, 4) is 5.75 Å². The largest absolute Gasteiger partial charge is 0.496 e. The van der Waals surface area contributed by atoms with Gasteiger partial charge in [-0.05, 0) is 41.0 Å². The van der Waals surface area contributed by atoms with Gasteiger partial charge in [-0.1, -0.05) is 40.8 Å². The van der Waals surface area contributed by atoms with Gasteiger partial charge in [0.2, 0.25) is 0 Å². The lowest BCUT2D eigenvalue weighted by Gasteiger charge is -2.07. The molecular weight excluding hydrogens is 299 g/mol. The molecule has 0 atom stereocenters. The van der Waals surface area contributed by atoms with Crippen molar-refractivity contribution >= 4 is 33.4 Å². The topological polar surface area (TPSA) is 9.23 Å². The van der Waals surface area contributed by atoms with Gasteiger partial charge in [-0.3, -0.25) is 0 Å². The molecule has 2 heteroatoms. The zero-order chi connectivity index (χ0) is 10.8. The molecule has 2 aromatic rings. The Morgan fingerprint density at radius 1 is 1.13 bits per heavy atom. The second-order valence-corrected chi connectivity index (χ2v) is 4.40. The summed E-state index contributed by atoms with van der Waals surface area (Å²) in [4.78, 5) is 0. The van der Waals surface area contributed by atoms with E-state index in [0.29, 0.717) is 0 Å². The standard InChI is InChI=1S/C13H13IO/c1-9-5-11-4-3-10(8-14)6-12(11)7-13(9)15-2/h3-7H,8H2,1-2H3. The van der Waals surface area contributed by atoms with Gasteiger partial charge in [-0.2, -0.15) is 0 Å². The molecule has 2 aromatic carbocycles. The van der Waals surface area contributed by atoms with E-state index in [-0.39, 0.29) is 0 Å². The van der Waals surface area contributed by atoms with Crippen molar-refractivity contribution in [3.05, 3.63) is 41.5 Å². The summed E-state index contributed by atoms with van der Waals surface area (Å²) >= 11 is 2.38. The third kappa shape index (κ3) is 2.09. The monoisotopic (exact) mass is 312 g/mol. The van der Waals surface area contributed by atoms with Crippen molar-refractivity contribution < 1.29 is 4.74 Å². The first-order valence-corrected chi connectivity index (χ1v) is 6.40. The molecule has 2 rings (SSSR count). The first-order valence-electron chi connectivity index (χ1n) is 4.88. The number of ether oxygens (including phenoxy) is 1. The van der Waals surface area contributed by atoms with Crippen LogP contribution < -0.4 is 4.74 Å². The minimum atomic E-state index is 0.966. The number of fused-ring (bicyclic) bond motifs is 1. The number of halogens is 1.